The molecule has 0 spiro atoms. The van der Waals surface area contributed by atoms with Gasteiger partial charge < -0.3 is 24.3 Å². The minimum Gasteiger partial charge on any atom is -0.440 e. The van der Waals surface area contributed by atoms with Crippen LogP contribution in [0.1, 0.15) is 36.6 Å². The number of nitrogens with one attached hydrogen (secondary N) is 1. The Bertz CT molecular complexity index is 1370. The molecule has 7 nitrogen and oxygen atoms in total. The Morgan fingerprint density at radius 3 is 2.60 bits per heavy atom. The van der Waals surface area contributed by atoms with Crippen molar-refractivity contribution in [1.82, 2.24) is 4.90 Å². The zero-order valence-electron chi connectivity index (χ0n) is 20.4. The summed E-state index contributed by atoms with van der Waals surface area (Å²) in [6.45, 7) is 6.28. The number of allylic oxidation sites excluding steroid dienone is 1. The van der Waals surface area contributed by atoms with E-state index in [4.69, 9.17) is 9.15 Å². The number of nitrogens with zero attached hydrogens (tertiary/aromatic N) is 3. The Hall–Kier alpha value is -3.83. The van der Waals surface area contributed by atoms with Crippen LogP contribution in [0.4, 0.5) is 16.0 Å². The molecule has 0 radical (unpaired) electrons. The van der Waals surface area contributed by atoms with Gasteiger partial charge in [-0.05, 0) is 49.7 Å². The minimum atomic E-state index is -0.498. The summed E-state index contributed by atoms with van der Waals surface area (Å²) in [6, 6.07) is 11.1. The molecule has 0 amide bonds. The SMILES string of the molecule is CC=C(c1cc(C(C)Nc2cc(F)cc(C#N)c2)c2oc(N3CCOCC3)cc(=O)c2c1)N(C)C. The lowest BCUT2D eigenvalue weighted by Crippen LogP contribution is -2.36. The second kappa shape index (κ2) is 10.2. The summed E-state index contributed by atoms with van der Waals surface area (Å²) in [7, 11) is 3.89. The van der Waals surface area contributed by atoms with Crippen LogP contribution >= 0.6 is 0 Å². The first kappa shape index (κ1) is 24.3. The molecule has 1 unspecified atom stereocenters. The van der Waals surface area contributed by atoms with Crippen molar-refractivity contribution in [2.75, 3.05) is 50.6 Å². The number of anilines is 2. The van der Waals surface area contributed by atoms with Gasteiger partial charge in [-0.2, -0.15) is 5.26 Å². The van der Waals surface area contributed by atoms with Crippen molar-refractivity contribution < 1.29 is 13.5 Å². The van der Waals surface area contributed by atoms with E-state index in [-0.39, 0.29) is 17.0 Å². The second-order valence-electron chi connectivity index (χ2n) is 8.77. The van der Waals surface area contributed by atoms with Gasteiger partial charge in [-0.25, -0.2) is 4.39 Å². The monoisotopic (exact) mass is 476 g/mol. The average molecular weight is 477 g/mol. The highest BCUT2D eigenvalue weighted by Crippen LogP contribution is 2.33. The molecule has 1 N–H and O–H groups in total. The fourth-order valence-corrected chi connectivity index (χ4v) is 4.43. The van der Waals surface area contributed by atoms with Crippen LogP contribution in [-0.2, 0) is 4.74 Å². The molecule has 4 rings (SSSR count). The summed E-state index contributed by atoms with van der Waals surface area (Å²) >= 11 is 0. The maximum absolute atomic E-state index is 14.1. The largest absolute Gasteiger partial charge is 0.440 e. The standard InChI is InChI=1S/C27H29FN4O3/c1-5-24(31(3)4)19-12-22(17(2)30-21-11-18(16-29)10-20(28)14-21)27-23(13-19)25(33)15-26(35-27)32-6-8-34-9-7-32/h5,10-15,17,30H,6-9H2,1-4H3. The third-order valence-corrected chi connectivity index (χ3v) is 6.09. The maximum atomic E-state index is 14.1. The fraction of sp³-hybridized carbons (Fsp3) is 0.333. The molecule has 0 bridgehead atoms. The van der Waals surface area contributed by atoms with E-state index in [1.54, 1.807) is 6.07 Å². The number of benzene rings is 2. The molecule has 1 fully saturated rings. The van der Waals surface area contributed by atoms with Gasteiger partial charge in [0.25, 0.3) is 0 Å². The number of ether oxygens (including phenoxy) is 1. The average Bonchev–Trinajstić information content (AvgIpc) is 2.84. The molecule has 2 aromatic carbocycles. The van der Waals surface area contributed by atoms with Gasteiger partial charge in [0.15, 0.2) is 11.3 Å². The first-order valence-corrected chi connectivity index (χ1v) is 11.6. The van der Waals surface area contributed by atoms with Crippen molar-refractivity contribution in [3.8, 4) is 6.07 Å². The summed E-state index contributed by atoms with van der Waals surface area (Å²) < 4.78 is 25.8. The number of morpholine rings is 1. The topological polar surface area (TPSA) is 81.7 Å². The van der Waals surface area contributed by atoms with E-state index in [0.29, 0.717) is 48.8 Å². The van der Waals surface area contributed by atoms with E-state index in [0.717, 1.165) is 16.8 Å². The third-order valence-electron chi connectivity index (χ3n) is 6.09. The molecule has 0 aliphatic carbocycles. The summed E-state index contributed by atoms with van der Waals surface area (Å²) in [5.41, 5.74) is 3.63. The summed E-state index contributed by atoms with van der Waals surface area (Å²) in [6.07, 6.45) is 1.98. The zero-order chi connectivity index (χ0) is 25.1. The van der Waals surface area contributed by atoms with Gasteiger partial charge >= 0.3 is 0 Å². The van der Waals surface area contributed by atoms with Crippen LogP contribution in [0, 0.1) is 17.1 Å². The van der Waals surface area contributed by atoms with Crippen molar-refractivity contribution in [3.05, 3.63) is 75.2 Å². The van der Waals surface area contributed by atoms with Crippen molar-refractivity contribution >= 4 is 28.2 Å². The maximum Gasteiger partial charge on any atom is 0.200 e. The van der Waals surface area contributed by atoms with Crippen LogP contribution < -0.4 is 15.6 Å². The first-order chi connectivity index (χ1) is 16.8. The van der Waals surface area contributed by atoms with E-state index < -0.39 is 5.82 Å². The second-order valence-corrected chi connectivity index (χ2v) is 8.77. The number of hydrogen-bond donors (Lipinski definition) is 1. The van der Waals surface area contributed by atoms with E-state index >= 15 is 0 Å². The molecule has 182 valence electrons. The highest BCUT2D eigenvalue weighted by molar-refractivity contribution is 5.86. The molecular formula is C27H29FN4O3. The van der Waals surface area contributed by atoms with E-state index in [9.17, 15) is 14.4 Å². The van der Waals surface area contributed by atoms with Crippen LogP contribution in [0.3, 0.4) is 0 Å². The van der Waals surface area contributed by atoms with Gasteiger partial charge in [-0.15, -0.1) is 0 Å². The molecule has 1 aromatic heterocycles. The molecule has 1 aliphatic rings. The van der Waals surface area contributed by atoms with Gasteiger partial charge in [0.2, 0.25) is 0 Å². The number of halogens is 1. The summed E-state index contributed by atoms with van der Waals surface area (Å²) in [4.78, 5) is 17.3. The molecule has 1 aliphatic heterocycles. The summed E-state index contributed by atoms with van der Waals surface area (Å²) in [5.74, 6) is 0.00527. The van der Waals surface area contributed by atoms with Crippen LogP contribution in [-0.4, -0.2) is 45.3 Å². The molecule has 2 heterocycles. The number of rotatable bonds is 6. The van der Waals surface area contributed by atoms with Crippen LogP contribution in [0.5, 0.6) is 0 Å². The Labute approximate surface area is 204 Å². The highest BCUT2D eigenvalue weighted by Gasteiger charge is 2.21. The lowest BCUT2D eigenvalue weighted by molar-refractivity contribution is 0.121. The summed E-state index contributed by atoms with van der Waals surface area (Å²) in [5, 5.41) is 13.0. The van der Waals surface area contributed by atoms with Gasteiger partial charge in [-0.3, -0.25) is 4.79 Å². The zero-order valence-corrected chi connectivity index (χ0v) is 20.4. The molecule has 3 aromatic rings. The minimum absolute atomic E-state index is 0.130. The van der Waals surface area contributed by atoms with Crippen LogP contribution in [0.15, 0.2) is 51.7 Å². The quantitative estimate of drug-likeness (QED) is 0.551. The van der Waals surface area contributed by atoms with Crippen molar-refractivity contribution in [2.45, 2.75) is 19.9 Å². The van der Waals surface area contributed by atoms with Gasteiger partial charge in [-0.1, -0.05) is 6.08 Å². The Kier molecular flexibility index (Phi) is 7.08. The van der Waals surface area contributed by atoms with Crippen LogP contribution in [0.2, 0.25) is 0 Å². The predicted molar refractivity (Wildman–Crippen MR) is 136 cm³/mol. The van der Waals surface area contributed by atoms with Crippen molar-refractivity contribution in [2.24, 2.45) is 0 Å². The van der Waals surface area contributed by atoms with Gasteiger partial charge in [0.1, 0.15) is 11.4 Å². The molecular weight excluding hydrogens is 447 g/mol. The normalized spacial score (nSPS) is 15.1. The predicted octanol–water partition coefficient (Wildman–Crippen LogP) is 4.74. The van der Waals surface area contributed by atoms with Gasteiger partial charge in [0.05, 0.1) is 36.3 Å². The first-order valence-electron chi connectivity index (χ1n) is 11.6. The Morgan fingerprint density at radius 1 is 1.20 bits per heavy atom. The molecule has 1 atom stereocenters. The number of hydrogen-bond acceptors (Lipinski definition) is 7. The van der Waals surface area contributed by atoms with Gasteiger partial charge in [0, 0.05) is 50.2 Å². The highest BCUT2D eigenvalue weighted by atomic mass is 19.1. The Balaban J connectivity index is 1.87. The van der Waals surface area contributed by atoms with E-state index in [1.165, 1.54) is 18.2 Å². The Morgan fingerprint density at radius 2 is 1.94 bits per heavy atom. The molecule has 35 heavy (non-hydrogen) atoms. The lowest BCUT2D eigenvalue weighted by Gasteiger charge is -2.28. The number of nitriles is 1. The lowest BCUT2D eigenvalue weighted by atomic mass is 9.98. The fourth-order valence-electron chi connectivity index (χ4n) is 4.43. The molecule has 0 saturated carbocycles. The van der Waals surface area contributed by atoms with Crippen LogP contribution in [0.25, 0.3) is 16.7 Å². The van der Waals surface area contributed by atoms with Crippen molar-refractivity contribution in [1.29, 1.82) is 5.26 Å². The van der Waals surface area contributed by atoms with E-state index in [1.807, 2.05) is 62.0 Å². The molecule has 8 heteroatoms. The number of fused-ring (bicyclic) bond motifs is 1. The van der Waals surface area contributed by atoms with Crippen molar-refractivity contribution in [3.63, 3.8) is 0 Å². The molecule has 1 saturated heterocycles. The van der Waals surface area contributed by atoms with E-state index in [2.05, 4.69) is 5.32 Å². The third kappa shape index (κ3) is 5.15. The smallest absolute Gasteiger partial charge is 0.200 e.